The van der Waals surface area contributed by atoms with Crippen LogP contribution < -0.4 is 11.1 Å². The Hall–Kier alpha value is -0.890. The summed E-state index contributed by atoms with van der Waals surface area (Å²) in [6, 6.07) is 6.12. The Balaban J connectivity index is 2.11. The van der Waals surface area contributed by atoms with Gasteiger partial charge in [-0.05, 0) is 30.0 Å². The first-order chi connectivity index (χ1) is 6.49. The van der Waals surface area contributed by atoms with Crippen LogP contribution in [0.25, 0.3) is 0 Å². The fourth-order valence-corrected chi connectivity index (χ4v) is 1.79. The molecular formula is C11H15ClN2. The Labute approximate surface area is 89.4 Å². The summed E-state index contributed by atoms with van der Waals surface area (Å²) in [6.45, 7) is 4.49. The average Bonchev–Trinajstić information content (AvgIpc) is 2.65. The van der Waals surface area contributed by atoms with Gasteiger partial charge in [0.05, 0.1) is 10.7 Å². The van der Waals surface area contributed by atoms with Crippen molar-refractivity contribution in [3.63, 3.8) is 0 Å². The van der Waals surface area contributed by atoms with E-state index in [0.29, 0.717) is 22.2 Å². The molecule has 0 bridgehead atoms. The molecule has 0 spiro atoms. The molecule has 1 aromatic rings. The number of nitrogens with two attached hydrogens (primary N) is 1. The van der Waals surface area contributed by atoms with Crippen LogP contribution in [-0.2, 0) is 0 Å². The first-order valence-corrected chi connectivity index (χ1v) is 5.18. The number of nitrogens with one attached hydrogen (secondary N) is 1. The normalized spacial score (nSPS) is 23.2. The van der Waals surface area contributed by atoms with E-state index in [1.54, 1.807) is 6.07 Å². The lowest BCUT2D eigenvalue weighted by atomic mass is 10.2. The maximum Gasteiger partial charge on any atom is 0.0658 e. The third-order valence-corrected chi connectivity index (χ3v) is 3.15. The van der Waals surface area contributed by atoms with E-state index in [2.05, 4.69) is 19.2 Å². The highest BCUT2D eigenvalue weighted by Gasteiger charge is 2.45. The molecule has 0 aromatic heterocycles. The van der Waals surface area contributed by atoms with E-state index in [9.17, 15) is 0 Å². The van der Waals surface area contributed by atoms with Crippen molar-refractivity contribution in [1.82, 2.24) is 0 Å². The molecule has 0 amide bonds. The predicted octanol–water partition coefficient (Wildman–Crippen LogP) is 3.13. The summed E-state index contributed by atoms with van der Waals surface area (Å²) >= 11 is 6.05. The monoisotopic (exact) mass is 210 g/mol. The van der Waals surface area contributed by atoms with E-state index < -0.39 is 0 Å². The second-order valence-electron chi connectivity index (χ2n) is 4.63. The van der Waals surface area contributed by atoms with Gasteiger partial charge in [0.2, 0.25) is 0 Å². The van der Waals surface area contributed by atoms with Crippen molar-refractivity contribution < 1.29 is 0 Å². The molecule has 1 saturated carbocycles. The Bertz CT molecular complexity index is 360. The zero-order valence-electron chi connectivity index (χ0n) is 8.47. The summed E-state index contributed by atoms with van der Waals surface area (Å²) in [4.78, 5) is 0. The highest BCUT2D eigenvalue weighted by Crippen LogP contribution is 2.47. The van der Waals surface area contributed by atoms with Gasteiger partial charge in [-0.2, -0.15) is 0 Å². The molecule has 2 rings (SSSR count). The van der Waals surface area contributed by atoms with Crippen LogP contribution in [0, 0.1) is 5.41 Å². The minimum Gasteiger partial charge on any atom is -0.399 e. The number of nitrogen functional groups attached to an aromatic ring is 1. The van der Waals surface area contributed by atoms with E-state index in [-0.39, 0.29) is 0 Å². The number of rotatable bonds is 2. The second-order valence-corrected chi connectivity index (χ2v) is 5.04. The van der Waals surface area contributed by atoms with Crippen LogP contribution in [0.5, 0.6) is 0 Å². The molecule has 2 nitrogen and oxygen atoms in total. The molecule has 0 heterocycles. The molecule has 14 heavy (non-hydrogen) atoms. The number of hydrogen-bond acceptors (Lipinski definition) is 2. The number of benzene rings is 1. The molecule has 3 heteroatoms. The van der Waals surface area contributed by atoms with Crippen molar-refractivity contribution in [3.8, 4) is 0 Å². The lowest BCUT2D eigenvalue weighted by Gasteiger charge is -2.10. The molecule has 1 fully saturated rings. The standard InChI is InChI=1S/C11H15ClN2/c1-11(2)6-10(11)14-9-4-3-7(13)5-8(9)12/h3-5,10,14H,6,13H2,1-2H3. The molecule has 0 aliphatic heterocycles. The minimum absolute atomic E-state index is 0.407. The Morgan fingerprint density at radius 2 is 2.14 bits per heavy atom. The van der Waals surface area contributed by atoms with Crippen LogP contribution in [0.3, 0.4) is 0 Å². The van der Waals surface area contributed by atoms with Gasteiger partial charge in [0.15, 0.2) is 0 Å². The van der Waals surface area contributed by atoms with Crippen LogP contribution in [-0.4, -0.2) is 6.04 Å². The van der Waals surface area contributed by atoms with Crippen LogP contribution in [0.4, 0.5) is 11.4 Å². The van der Waals surface area contributed by atoms with Crippen molar-refractivity contribution in [2.75, 3.05) is 11.1 Å². The summed E-state index contributed by atoms with van der Waals surface area (Å²) < 4.78 is 0. The molecule has 0 saturated heterocycles. The highest BCUT2D eigenvalue weighted by molar-refractivity contribution is 6.33. The van der Waals surface area contributed by atoms with E-state index in [0.717, 1.165) is 5.69 Å². The minimum atomic E-state index is 0.407. The summed E-state index contributed by atoms with van der Waals surface area (Å²) in [7, 11) is 0. The maximum atomic E-state index is 6.05. The van der Waals surface area contributed by atoms with E-state index in [1.165, 1.54) is 6.42 Å². The zero-order chi connectivity index (χ0) is 10.3. The smallest absolute Gasteiger partial charge is 0.0658 e. The van der Waals surface area contributed by atoms with E-state index in [1.807, 2.05) is 12.1 Å². The third-order valence-electron chi connectivity index (χ3n) is 2.84. The summed E-state index contributed by atoms with van der Waals surface area (Å²) in [5, 5.41) is 4.12. The van der Waals surface area contributed by atoms with Crippen molar-refractivity contribution >= 4 is 23.0 Å². The van der Waals surface area contributed by atoms with Gasteiger partial charge in [-0.3, -0.25) is 0 Å². The van der Waals surface area contributed by atoms with Crippen LogP contribution in [0.15, 0.2) is 18.2 Å². The van der Waals surface area contributed by atoms with Gasteiger partial charge in [0, 0.05) is 11.7 Å². The first kappa shape index (κ1) is 9.66. The van der Waals surface area contributed by atoms with Crippen LogP contribution in [0.2, 0.25) is 5.02 Å². The molecule has 1 atom stereocenters. The molecule has 0 radical (unpaired) electrons. The van der Waals surface area contributed by atoms with Crippen LogP contribution in [0.1, 0.15) is 20.3 Å². The molecular weight excluding hydrogens is 196 g/mol. The van der Waals surface area contributed by atoms with Gasteiger partial charge >= 0.3 is 0 Å². The second kappa shape index (κ2) is 3.06. The SMILES string of the molecule is CC1(C)CC1Nc1ccc(N)cc1Cl. The Kier molecular flexibility index (Phi) is 2.11. The number of anilines is 2. The van der Waals surface area contributed by atoms with Crippen molar-refractivity contribution in [2.45, 2.75) is 26.3 Å². The molecule has 1 aliphatic rings. The van der Waals surface area contributed by atoms with Gasteiger partial charge in [-0.15, -0.1) is 0 Å². The molecule has 3 N–H and O–H groups in total. The first-order valence-electron chi connectivity index (χ1n) is 4.80. The van der Waals surface area contributed by atoms with Crippen LogP contribution >= 0.6 is 11.6 Å². The molecule has 1 aliphatic carbocycles. The van der Waals surface area contributed by atoms with E-state index in [4.69, 9.17) is 17.3 Å². The largest absolute Gasteiger partial charge is 0.399 e. The predicted molar refractivity (Wildman–Crippen MR) is 61.7 cm³/mol. The summed E-state index contributed by atoms with van der Waals surface area (Å²) in [5.74, 6) is 0. The average molecular weight is 211 g/mol. The van der Waals surface area contributed by atoms with Gasteiger partial charge in [-0.25, -0.2) is 0 Å². The zero-order valence-corrected chi connectivity index (χ0v) is 9.23. The van der Waals surface area contributed by atoms with Gasteiger partial charge in [0.25, 0.3) is 0 Å². The maximum absolute atomic E-state index is 6.05. The Morgan fingerprint density at radius 3 is 2.64 bits per heavy atom. The van der Waals surface area contributed by atoms with E-state index >= 15 is 0 Å². The lowest BCUT2D eigenvalue weighted by Crippen LogP contribution is -2.08. The quantitative estimate of drug-likeness (QED) is 0.737. The fourth-order valence-electron chi connectivity index (χ4n) is 1.55. The molecule has 1 aromatic carbocycles. The third kappa shape index (κ3) is 1.80. The van der Waals surface area contributed by atoms with Gasteiger partial charge in [0.1, 0.15) is 0 Å². The lowest BCUT2D eigenvalue weighted by molar-refractivity contribution is 0.630. The van der Waals surface area contributed by atoms with Gasteiger partial charge < -0.3 is 11.1 Å². The number of hydrogen-bond donors (Lipinski definition) is 2. The summed E-state index contributed by atoms with van der Waals surface area (Å²) in [6.07, 6.45) is 1.20. The van der Waals surface area contributed by atoms with Crippen molar-refractivity contribution in [1.29, 1.82) is 0 Å². The molecule has 1 unspecified atom stereocenters. The highest BCUT2D eigenvalue weighted by atomic mass is 35.5. The van der Waals surface area contributed by atoms with Crippen molar-refractivity contribution in [3.05, 3.63) is 23.2 Å². The molecule has 76 valence electrons. The Morgan fingerprint density at radius 1 is 1.50 bits per heavy atom. The summed E-state index contributed by atoms with van der Waals surface area (Å²) in [5.41, 5.74) is 7.71. The van der Waals surface area contributed by atoms with Crippen molar-refractivity contribution in [2.24, 2.45) is 5.41 Å². The topological polar surface area (TPSA) is 38.0 Å². The number of halogens is 1. The van der Waals surface area contributed by atoms with Gasteiger partial charge in [-0.1, -0.05) is 25.4 Å². The fraction of sp³-hybridized carbons (Fsp3) is 0.455.